The Balaban J connectivity index is 4.01. The fraction of sp³-hybridized carbons (Fsp3) is 0.600. The number of nitrogens with zero attached hydrogens (tertiary/aromatic N) is 2. The van der Waals surface area contributed by atoms with Crippen molar-refractivity contribution in [3.8, 4) is 0 Å². The molecule has 52 valence electrons. The van der Waals surface area contributed by atoms with Gasteiger partial charge in [-0.05, 0) is 22.6 Å². The maximum absolute atomic E-state index is 5.03. The third-order valence-corrected chi connectivity index (χ3v) is 1.11. The second kappa shape index (κ2) is 4.72. The SMILES string of the molecule is CC(C)C(/N=C\I)=N/N. The Kier molecular flexibility index (Phi) is 4.65. The number of hydrogen-bond acceptors (Lipinski definition) is 2. The maximum atomic E-state index is 5.03. The van der Waals surface area contributed by atoms with E-state index in [2.05, 4.69) is 10.1 Å². The van der Waals surface area contributed by atoms with Crippen molar-refractivity contribution in [2.75, 3.05) is 0 Å². The molecule has 0 aliphatic carbocycles. The van der Waals surface area contributed by atoms with Crippen LogP contribution in [0.15, 0.2) is 10.1 Å². The standard InChI is InChI=1S/C5H10IN3/c1-4(2)5(9-7)8-3-6/h3-4H,7H2,1-2H3/b8-3-,9-5-. The molecule has 0 saturated heterocycles. The van der Waals surface area contributed by atoms with Crippen LogP contribution in [0.3, 0.4) is 0 Å². The molecule has 0 aromatic rings. The van der Waals surface area contributed by atoms with Crippen LogP contribution in [0.1, 0.15) is 13.8 Å². The molecule has 0 bridgehead atoms. The Hall–Kier alpha value is -0.130. The van der Waals surface area contributed by atoms with E-state index in [-0.39, 0.29) is 0 Å². The molecular weight excluding hydrogens is 229 g/mol. The van der Waals surface area contributed by atoms with Gasteiger partial charge in [0.05, 0.1) is 4.22 Å². The van der Waals surface area contributed by atoms with Crippen molar-refractivity contribution in [1.82, 2.24) is 0 Å². The Morgan fingerprint density at radius 1 is 1.67 bits per heavy atom. The molecule has 0 saturated carbocycles. The molecule has 0 unspecified atom stereocenters. The van der Waals surface area contributed by atoms with Gasteiger partial charge in [0.25, 0.3) is 0 Å². The molecule has 0 atom stereocenters. The predicted octanol–water partition coefficient (Wildman–Crippen LogP) is 1.38. The topological polar surface area (TPSA) is 50.7 Å². The summed E-state index contributed by atoms with van der Waals surface area (Å²) >= 11 is 2.03. The summed E-state index contributed by atoms with van der Waals surface area (Å²) in [4.78, 5) is 3.93. The largest absolute Gasteiger partial charge is 0.322 e. The van der Waals surface area contributed by atoms with Crippen molar-refractivity contribution in [1.29, 1.82) is 0 Å². The summed E-state index contributed by atoms with van der Waals surface area (Å²) in [5, 5.41) is 3.49. The Morgan fingerprint density at radius 3 is 2.33 bits per heavy atom. The van der Waals surface area contributed by atoms with E-state index in [1.165, 1.54) is 0 Å². The normalized spacial score (nSPS) is 13.6. The molecule has 0 rings (SSSR count). The quantitative estimate of drug-likeness (QED) is 0.243. The van der Waals surface area contributed by atoms with E-state index in [9.17, 15) is 0 Å². The van der Waals surface area contributed by atoms with E-state index in [1.807, 2.05) is 36.4 Å². The molecule has 4 heteroatoms. The summed E-state index contributed by atoms with van der Waals surface area (Å²) in [6.45, 7) is 3.99. The fourth-order valence-electron chi connectivity index (χ4n) is 0.381. The summed E-state index contributed by atoms with van der Waals surface area (Å²) in [5.74, 6) is 6.02. The highest BCUT2D eigenvalue weighted by atomic mass is 127. The van der Waals surface area contributed by atoms with E-state index in [0.29, 0.717) is 11.8 Å². The van der Waals surface area contributed by atoms with Crippen LogP contribution in [-0.4, -0.2) is 10.1 Å². The minimum atomic E-state index is 0.306. The van der Waals surface area contributed by atoms with Gasteiger partial charge in [0, 0.05) is 5.92 Å². The van der Waals surface area contributed by atoms with Gasteiger partial charge < -0.3 is 5.84 Å². The number of rotatable bonds is 1. The molecule has 0 spiro atoms. The van der Waals surface area contributed by atoms with Gasteiger partial charge in [-0.2, -0.15) is 5.10 Å². The number of amidine groups is 1. The highest BCUT2D eigenvalue weighted by Gasteiger charge is 1.99. The van der Waals surface area contributed by atoms with Crippen molar-refractivity contribution in [2.45, 2.75) is 13.8 Å². The molecular formula is C5H10IN3. The molecule has 0 aromatic carbocycles. The summed E-state index contributed by atoms with van der Waals surface area (Å²) in [5.41, 5.74) is 0. The van der Waals surface area contributed by atoms with Gasteiger partial charge in [0.15, 0.2) is 5.84 Å². The molecule has 2 N–H and O–H groups in total. The van der Waals surface area contributed by atoms with Crippen LogP contribution in [0.2, 0.25) is 0 Å². The van der Waals surface area contributed by atoms with E-state index in [1.54, 1.807) is 4.22 Å². The maximum Gasteiger partial charge on any atom is 0.150 e. The van der Waals surface area contributed by atoms with Gasteiger partial charge >= 0.3 is 0 Å². The number of hydrazone groups is 1. The van der Waals surface area contributed by atoms with Crippen LogP contribution in [0, 0.1) is 5.92 Å². The number of halogens is 1. The Morgan fingerprint density at radius 2 is 2.22 bits per heavy atom. The summed E-state index contributed by atoms with van der Waals surface area (Å²) in [6, 6.07) is 0. The number of aliphatic imine (C=N–C) groups is 1. The van der Waals surface area contributed by atoms with Crippen molar-refractivity contribution in [3.05, 3.63) is 0 Å². The van der Waals surface area contributed by atoms with Gasteiger partial charge in [-0.1, -0.05) is 13.8 Å². The van der Waals surface area contributed by atoms with Crippen LogP contribution in [-0.2, 0) is 0 Å². The summed E-state index contributed by atoms with van der Waals surface area (Å²) in [6.07, 6.45) is 0. The first-order valence-electron chi connectivity index (χ1n) is 2.63. The lowest BCUT2D eigenvalue weighted by molar-refractivity contribution is 0.864. The molecule has 0 aromatic heterocycles. The van der Waals surface area contributed by atoms with Gasteiger partial charge in [-0.15, -0.1) is 0 Å². The summed E-state index contributed by atoms with van der Waals surface area (Å²) < 4.78 is 1.66. The fourth-order valence-corrected chi connectivity index (χ4v) is 0.667. The van der Waals surface area contributed by atoms with Crippen LogP contribution in [0.4, 0.5) is 0 Å². The monoisotopic (exact) mass is 239 g/mol. The lowest BCUT2D eigenvalue weighted by Crippen LogP contribution is -2.06. The first kappa shape index (κ1) is 8.87. The van der Waals surface area contributed by atoms with E-state index >= 15 is 0 Å². The molecule has 3 nitrogen and oxygen atoms in total. The highest BCUT2D eigenvalue weighted by molar-refractivity contribution is 14.1. The van der Waals surface area contributed by atoms with E-state index in [0.717, 1.165) is 0 Å². The number of nitrogens with two attached hydrogens (primary N) is 1. The van der Waals surface area contributed by atoms with Crippen LogP contribution >= 0.6 is 22.6 Å². The highest BCUT2D eigenvalue weighted by Crippen LogP contribution is 1.96. The molecule has 9 heavy (non-hydrogen) atoms. The van der Waals surface area contributed by atoms with Crippen LogP contribution < -0.4 is 5.84 Å². The molecule has 0 heterocycles. The number of hydrogen-bond donors (Lipinski definition) is 1. The average molecular weight is 239 g/mol. The third kappa shape index (κ3) is 3.45. The zero-order valence-electron chi connectivity index (χ0n) is 5.50. The van der Waals surface area contributed by atoms with Crippen LogP contribution in [0.5, 0.6) is 0 Å². The van der Waals surface area contributed by atoms with E-state index < -0.39 is 0 Å². The summed E-state index contributed by atoms with van der Waals surface area (Å²) in [7, 11) is 0. The third-order valence-electron chi connectivity index (χ3n) is 0.830. The first-order valence-corrected chi connectivity index (χ1v) is 3.87. The van der Waals surface area contributed by atoms with Gasteiger partial charge in [-0.3, -0.25) is 0 Å². The van der Waals surface area contributed by atoms with Crippen molar-refractivity contribution in [3.63, 3.8) is 0 Å². The van der Waals surface area contributed by atoms with Crippen molar-refractivity contribution in [2.24, 2.45) is 21.9 Å². The van der Waals surface area contributed by atoms with Gasteiger partial charge in [0.2, 0.25) is 0 Å². The second-order valence-electron chi connectivity index (χ2n) is 1.87. The molecule has 0 aliphatic heterocycles. The molecule has 0 fully saturated rings. The van der Waals surface area contributed by atoms with Crippen molar-refractivity contribution >= 4 is 32.6 Å². The lowest BCUT2D eigenvalue weighted by Gasteiger charge is -1.99. The Bertz CT molecular complexity index is 128. The zero-order valence-corrected chi connectivity index (χ0v) is 7.66. The minimum absolute atomic E-state index is 0.306. The van der Waals surface area contributed by atoms with Crippen molar-refractivity contribution < 1.29 is 0 Å². The molecule has 0 aliphatic rings. The minimum Gasteiger partial charge on any atom is -0.322 e. The smallest absolute Gasteiger partial charge is 0.150 e. The van der Waals surface area contributed by atoms with Gasteiger partial charge in [-0.25, -0.2) is 4.99 Å². The lowest BCUT2D eigenvalue weighted by atomic mass is 10.2. The molecule has 0 amide bonds. The van der Waals surface area contributed by atoms with E-state index in [4.69, 9.17) is 5.84 Å². The first-order chi connectivity index (χ1) is 4.22. The zero-order chi connectivity index (χ0) is 7.28. The van der Waals surface area contributed by atoms with Crippen LogP contribution in [0.25, 0.3) is 0 Å². The van der Waals surface area contributed by atoms with Gasteiger partial charge in [0.1, 0.15) is 0 Å². The molecule has 0 radical (unpaired) electrons. The Labute approximate surface area is 68.6 Å². The average Bonchev–Trinajstić information content (AvgIpc) is 1.82. The predicted molar refractivity (Wildman–Crippen MR) is 49.0 cm³/mol. The second-order valence-corrected chi connectivity index (χ2v) is 2.43.